The first kappa shape index (κ1) is 34.8. The Balaban J connectivity index is 0.000000280. The number of rotatable bonds is 4. The second kappa shape index (κ2) is 11.7. The van der Waals surface area contributed by atoms with Crippen LogP contribution in [0.25, 0.3) is 0 Å². The van der Waals surface area contributed by atoms with Crippen LogP contribution in [-0.4, -0.2) is 0 Å². The fraction of sp³-hybridized carbons (Fsp3) is 0. The summed E-state index contributed by atoms with van der Waals surface area (Å²) in [6, 6.07) is 41.4. The van der Waals surface area contributed by atoms with Crippen molar-refractivity contribution in [1.82, 2.24) is 0 Å². The van der Waals surface area contributed by atoms with Crippen molar-refractivity contribution in [1.29, 1.82) is 0 Å². The number of quaternary nitrogens is 2. The molecule has 4 aromatic rings. The van der Waals surface area contributed by atoms with Gasteiger partial charge in [-0.15, -0.1) is 0 Å². The van der Waals surface area contributed by atoms with Gasteiger partial charge in [0.2, 0.25) is 0 Å². The molecule has 4 N–H and O–H groups in total. The summed E-state index contributed by atoms with van der Waals surface area (Å²) < 4.78 is 118. The smallest absolute Gasteiger partial charge is 0.134 e. The number of benzene rings is 4. The van der Waals surface area contributed by atoms with Crippen LogP contribution in [-0.2, 0) is 0 Å². The number of hydrogen-bond donors (Lipinski definition) is 2. The van der Waals surface area contributed by atoms with Gasteiger partial charge in [-0.25, -0.2) is 0 Å². The maximum Gasteiger partial charge on any atom is 0.134 e. The number of halogens is 12. The van der Waals surface area contributed by atoms with E-state index in [1.165, 1.54) is 22.7 Å². The van der Waals surface area contributed by atoms with Gasteiger partial charge in [-0.1, -0.05) is 72.8 Å². The van der Waals surface area contributed by atoms with Crippen molar-refractivity contribution >= 4 is 38.4 Å². The van der Waals surface area contributed by atoms with E-state index >= 15 is 0 Å². The van der Waals surface area contributed by atoms with Crippen LogP contribution in [0.4, 0.5) is 73.1 Å². The van der Waals surface area contributed by atoms with Crippen LogP contribution in [0.5, 0.6) is 0 Å². The van der Waals surface area contributed by atoms with E-state index < -0.39 is 15.6 Å². The van der Waals surface area contributed by atoms with Gasteiger partial charge >= 0.3 is 66.0 Å². The average molecular weight is 630 g/mol. The zero-order valence-electron chi connectivity index (χ0n) is 20.1. The van der Waals surface area contributed by atoms with E-state index in [-0.39, 0.29) is 0 Å². The van der Waals surface area contributed by atoms with Crippen molar-refractivity contribution < 1.29 is 61.0 Å². The standard InChI is InChI=1S/2C12H11N.2F6P/c2*1-3-7-11(8-4-1)13-12-9-5-2-6-10-12;2*1-7(2,3,4,5)6/h2*1-10,13H;;/q;;2*-1/p+2. The monoisotopic (exact) mass is 630 g/mol. The van der Waals surface area contributed by atoms with Gasteiger partial charge in [-0.2, -0.15) is 0 Å². The molecule has 0 aliphatic carbocycles. The minimum Gasteiger partial charge on any atom is -0.282 e. The fourth-order valence-electron chi connectivity index (χ4n) is 2.58. The van der Waals surface area contributed by atoms with Gasteiger partial charge in [0.1, 0.15) is 22.7 Å². The van der Waals surface area contributed by atoms with Gasteiger partial charge in [-0.3, -0.25) is 10.6 Å². The van der Waals surface area contributed by atoms with E-state index in [2.05, 4.69) is 108 Å². The van der Waals surface area contributed by atoms with Crippen molar-refractivity contribution in [2.75, 3.05) is 0 Å². The molecular weight excluding hydrogens is 606 g/mol. The first-order valence-corrected chi connectivity index (χ1v) is 14.9. The Labute approximate surface area is 221 Å². The van der Waals surface area contributed by atoms with E-state index in [4.69, 9.17) is 0 Å². The van der Waals surface area contributed by atoms with Gasteiger partial charge in [0.25, 0.3) is 0 Å². The van der Waals surface area contributed by atoms with Crippen LogP contribution in [0.2, 0.25) is 0 Å². The van der Waals surface area contributed by atoms with Gasteiger partial charge in [0, 0.05) is 0 Å². The molecule has 0 fully saturated rings. The Kier molecular flexibility index (Phi) is 10.2. The van der Waals surface area contributed by atoms with E-state index in [1.807, 2.05) is 24.3 Å². The summed E-state index contributed by atoms with van der Waals surface area (Å²) in [6.07, 6.45) is 0. The predicted octanol–water partition coefficient (Wildman–Crippen LogP) is 11.2. The summed E-state index contributed by atoms with van der Waals surface area (Å²) in [5.41, 5.74) is 4.98. The second-order valence-corrected chi connectivity index (χ2v) is 11.7. The largest absolute Gasteiger partial charge is 0.282 e. The Morgan fingerprint density at radius 3 is 0.525 bits per heavy atom. The third-order valence-corrected chi connectivity index (χ3v) is 3.86. The van der Waals surface area contributed by atoms with E-state index in [1.54, 1.807) is 0 Å². The summed E-state index contributed by atoms with van der Waals surface area (Å²) in [6.45, 7) is 0. The van der Waals surface area contributed by atoms with Gasteiger partial charge in [0.15, 0.2) is 0 Å². The molecule has 0 aliphatic rings. The first-order chi connectivity index (χ1) is 17.8. The SMILES string of the molecule is F[P-](F)(F)(F)(F)F.F[P-](F)(F)(F)(F)F.c1ccc([NH2+]c2ccccc2)cc1.c1ccc([NH2+]c2ccccc2)cc1. The average Bonchev–Trinajstić information content (AvgIpc) is 2.78. The van der Waals surface area contributed by atoms with E-state index in [0.29, 0.717) is 0 Å². The van der Waals surface area contributed by atoms with Crippen molar-refractivity contribution in [3.63, 3.8) is 0 Å². The third-order valence-electron chi connectivity index (χ3n) is 3.86. The Morgan fingerprint density at radius 1 is 0.275 bits per heavy atom. The maximum atomic E-state index is 9.87. The third kappa shape index (κ3) is 29.4. The predicted molar refractivity (Wildman–Crippen MR) is 135 cm³/mol. The summed E-state index contributed by atoms with van der Waals surface area (Å²) in [5, 5.41) is 4.33. The van der Waals surface area contributed by atoms with Gasteiger partial charge < -0.3 is 0 Å². The maximum absolute atomic E-state index is 10.7. The molecular formula is C24H24F12N2P2. The van der Waals surface area contributed by atoms with Crippen molar-refractivity contribution in [3.8, 4) is 0 Å². The minimum atomic E-state index is -10.7. The van der Waals surface area contributed by atoms with Crippen LogP contribution < -0.4 is 10.6 Å². The van der Waals surface area contributed by atoms with Crippen LogP contribution >= 0.6 is 15.6 Å². The van der Waals surface area contributed by atoms with Crippen LogP contribution in [0, 0.1) is 0 Å². The Morgan fingerprint density at radius 2 is 0.400 bits per heavy atom. The van der Waals surface area contributed by atoms with Crippen LogP contribution in [0.1, 0.15) is 0 Å². The molecule has 4 aromatic carbocycles. The molecule has 0 saturated carbocycles. The molecule has 0 amide bonds. The molecule has 4 rings (SSSR count). The quantitative estimate of drug-likeness (QED) is 0.128. The molecule has 0 aliphatic heterocycles. The second-order valence-electron chi connectivity index (χ2n) is 7.85. The minimum absolute atomic E-state index is 1.24. The Bertz CT molecular complexity index is 1080. The van der Waals surface area contributed by atoms with Crippen molar-refractivity contribution in [2.24, 2.45) is 0 Å². The molecule has 40 heavy (non-hydrogen) atoms. The molecule has 0 atom stereocenters. The Hall–Kier alpha value is -3.18. The van der Waals surface area contributed by atoms with Crippen molar-refractivity contribution in [3.05, 3.63) is 121 Å². The summed E-state index contributed by atoms with van der Waals surface area (Å²) in [4.78, 5) is 0. The van der Waals surface area contributed by atoms with E-state index in [9.17, 15) is 50.4 Å². The molecule has 16 heteroatoms. The summed E-state index contributed by atoms with van der Waals surface area (Å²) >= 11 is 0. The summed E-state index contributed by atoms with van der Waals surface area (Å²) in [7, 11) is -21.3. The number of hydrogen-bond acceptors (Lipinski definition) is 0. The first-order valence-electron chi connectivity index (χ1n) is 10.8. The zero-order chi connectivity index (χ0) is 30.7. The van der Waals surface area contributed by atoms with Crippen LogP contribution in [0.3, 0.4) is 0 Å². The zero-order valence-corrected chi connectivity index (χ0v) is 21.9. The molecule has 0 aromatic heterocycles. The number of para-hydroxylation sites is 4. The van der Waals surface area contributed by atoms with Crippen LogP contribution in [0.15, 0.2) is 121 Å². The molecule has 0 spiro atoms. The molecule has 0 heterocycles. The molecule has 0 bridgehead atoms. The molecule has 0 radical (unpaired) electrons. The summed E-state index contributed by atoms with van der Waals surface area (Å²) in [5.74, 6) is 0. The topological polar surface area (TPSA) is 33.2 Å². The van der Waals surface area contributed by atoms with Gasteiger partial charge in [0.05, 0.1) is 0 Å². The molecule has 224 valence electrons. The fourth-order valence-corrected chi connectivity index (χ4v) is 2.58. The molecule has 0 saturated heterocycles. The molecule has 2 nitrogen and oxygen atoms in total. The normalized spacial score (nSPS) is 14.5. The number of nitrogens with two attached hydrogens (primary N) is 2. The van der Waals surface area contributed by atoms with E-state index in [0.717, 1.165) is 0 Å². The van der Waals surface area contributed by atoms with Gasteiger partial charge in [-0.05, 0) is 48.5 Å². The molecule has 0 unspecified atom stereocenters. The van der Waals surface area contributed by atoms with Crippen molar-refractivity contribution in [2.45, 2.75) is 0 Å².